The van der Waals surface area contributed by atoms with Gasteiger partial charge in [-0.2, -0.15) is 0 Å². The van der Waals surface area contributed by atoms with Crippen molar-refractivity contribution < 1.29 is 0 Å². The van der Waals surface area contributed by atoms with E-state index >= 15 is 0 Å². The zero-order valence-corrected chi connectivity index (χ0v) is 15.4. The number of hydrogen-bond acceptors (Lipinski definition) is 2. The van der Waals surface area contributed by atoms with Crippen molar-refractivity contribution in [1.82, 2.24) is 16.0 Å². The molecule has 0 fully saturated rings. The van der Waals surface area contributed by atoms with Crippen LogP contribution in [0.3, 0.4) is 0 Å². The Morgan fingerprint density at radius 3 is 2.35 bits per heavy atom. The van der Waals surface area contributed by atoms with Gasteiger partial charge in [0.25, 0.3) is 0 Å². The average molecular weight is 390 g/mol. The summed E-state index contributed by atoms with van der Waals surface area (Å²) in [4.78, 5) is 4.11. The Labute approximate surface area is 139 Å². The van der Waals surface area contributed by atoms with Gasteiger partial charge in [-0.1, -0.05) is 30.3 Å². The molecule has 1 aromatic rings. The van der Waals surface area contributed by atoms with Crippen molar-refractivity contribution >= 4 is 29.9 Å². The maximum atomic E-state index is 4.11. The van der Waals surface area contributed by atoms with E-state index in [2.05, 4.69) is 66.0 Å². The molecule has 0 saturated heterocycles. The van der Waals surface area contributed by atoms with Gasteiger partial charge in [-0.3, -0.25) is 4.99 Å². The molecule has 4 nitrogen and oxygen atoms in total. The topological polar surface area (TPSA) is 48.5 Å². The summed E-state index contributed by atoms with van der Waals surface area (Å²) in [6.45, 7) is 7.35. The van der Waals surface area contributed by atoms with Gasteiger partial charge >= 0.3 is 0 Å². The summed E-state index contributed by atoms with van der Waals surface area (Å²) in [5, 5.41) is 9.94. The number of halogens is 1. The third-order valence-electron chi connectivity index (χ3n) is 3.07. The summed E-state index contributed by atoms with van der Waals surface area (Å²) in [6, 6.07) is 10.8. The van der Waals surface area contributed by atoms with Crippen LogP contribution >= 0.6 is 24.0 Å². The van der Waals surface area contributed by atoms with Crippen molar-refractivity contribution in [2.45, 2.75) is 32.4 Å². The number of nitrogens with zero attached hydrogens (tertiary/aromatic N) is 1. The van der Waals surface area contributed by atoms with E-state index in [4.69, 9.17) is 0 Å². The normalized spacial score (nSPS) is 13.3. The lowest BCUT2D eigenvalue weighted by Crippen LogP contribution is -2.51. The molecule has 0 aromatic heterocycles. The van der Waals surface area contributed by atoms with Crippen LogP contribution in [0, 0.1) is 0 Å². The smallest absolute Gasteiger partial charge is 0.190 e. The Morgan fingerprint density at radius 1 is 1.25 bits per heavy atom. The molecule has 0 spiro atoms. The van der Waals surface area contributed by atoms with E-state index in [1.54, 1.807) is 7.05 Å². The van der Waals surface area contributed by atoms with Gasteiger partial charge in [0.1, 0.15) is 0 Å². The van der Waals surface area contributed by atoms with Crippen molar-refractivity contribution in [3.05, 3.63) is 35.9 Å². The van der Waals surface area contributed by atoms with E-state index in [9.17, 15) is 0 Å². The van der Waals surface area contributed by atoms with Crippen LogP contribution in [0.15, 0.2) is 35.3 Å². The molecule has 1 atom stereocenters. The Hall–Kier alpha value is -0.820. The number of nitrogens with one attached hydrogen (secondary N) is 3. The van der Waals surface area contributed by atoms with Crippen molar-refractivity contribution in [2.24, 2.45) is 4.99 Å². The maximum Gasteiger partial charge on any atom is 0.190 e. The summed E-state index contributed by atoms with van der Waals surface area (Å²) in [6.07, 6.45) is 0. The summed E-state index contributed by atoms with van der Waals surface area (Å²) in [5.41, 5.74) is 1.27. The first-order valence-corrected chi connectivity index (χ1v) is 6.69. The Kier molecular flexibility index (Phi) is 8.80. The van der Waals surface area contributed by atoms with E-state index in [1.165, 1.54) is 5.56 Å². The van der Waals surface area contributed by atoms with E-state index in [1.807, 2.05) is 13.1 Å². The monoisotopic (exact) mass is 390 g/mol. The molecule has 114 valence electrons. The maximum absolute atomic E-state index is 4.11. The molecule has 0 aliphatic rings. The number of rotatable bonds is 5. The second-order valence-electron chi connectivity index (χ2n) is 5.34. The van der Waals surface area contributed by atoms with Crippen LogP contribution in [0.1, 0.15) is 32.4 Å². The molecule has 0 heterocycles. The predicted molar refractivity (Wildman–Crippen MR) is 97.9 cm³/mol. The second kappa shape index (κ2) is 9.18. The number of hydrogen-bond donors (Lipinski definition) is 3. The van der Waals surface area contributed by atoms with Crippen molar-refractivity contribution in [3.8, 4) is 0 Å². The number of benzene rings is 1. The fraction of sp³-hybridized carbons (Fsp3) is 0.533. The first-order valence-electron chi connectivity index (χ1n) is 6.69. The van der Waals surface area contributed by atoms with E-state index < -0.39 is 0 Å². The van der Waals surface area contributed by atoms with Crippen molar-refractivity contribution in [1.29, 1.82) is 0 Å². The quantitative estimate of drug-likeness (QED) is 0.412. The van der Waals surface area contributed by atoms with Crippen LogP contribution in [0.2, 0.25) is 0 Å². The minimum absolute atomic E-state index is 0. The van der Waals surface area contributed by atoms with Crippen LogP contribution in [0.25, 0.3) is 0 Å². The molecule has 0 aliphatic carbocycles. The lowest BCUT2D eigenvalue weighted by Gasteiger charge is -2.31. The predicted octanol–water partition coefficient (Wildman–Crippen LogP) is 2.53. The standard InChI is InChI=1S/C15H26N4.HI/c1-12(13-9-7-6-8-10-13)19-15(2,3)11-18-14(16-4)17-5;/h6-10,12,19H,11H2,1-5H3,(H2,16,17,18);1H. The average Bonchev–Trinajstić information content (AvgIpc) is 2.40. The van der Waals surface area contributed by atoms with Crippen LogP contribution in [0.5, 0.6) is 0 Å². The summed E-state index contributed by atoms with van der Waals surface area (Å²) < 4.78 is 0. The van der Waals surface area contributed by atoms with Gasteiger partial charge in [0, 0.05) is 32.2 Å². The van der Waals surface area contributed by atoms with E-state index in [0.717, 1.165) is 12.5 Å². The molecule has 20 heavy (non-hydrogen) atoms. The molecule has 1 aromatic carbocycles. The fourth-order valence-electron chi connectivity index (χ4n) is 2.05. The summed E-state index contributed by atoms with van der Waals surface area (Å²) >= 11 is 0. The number of aliphatic imine (C=N–C) groups is 1. The first-order chi connectivity index (χ1) is 8.98. The zero-order chi connectivity index (χ0) is 14.3. The Bertz CT molecular complexity index is 404. The molecule has 5 heteroatoms. The highest BCUT2D eigenvalue weighted by atomic mass is 127. The summed E-state index contributed by atoms with van der Waals surface area (Å²) in [7, 11) is 3.63. The van der Waals surface area contributed by atoms with Crippen LogP contribution < -0.4 is 16.0 Å². The highest BCUT2D eigenvalue weighted by molar-refractivity contribution is 14.0. The third-order valence-corrected chi connectivity index (χ3v) is 3.07. The molecule has 0 saturated carbocycles. The van der Waals surface area contributed by atoms with Crippen LogP contribution in [-0.4, -0.2) is 32.1 Å². The van der Waals surface area contributed by atoms with Crippen molar-refractivity contribution in [3.63, 3.8) is 0 Å². The molecular weight excluding hydrogens is 363 g/mol. The van der Waals surface area contributed by atoms with Gasteiger partial charge < -0.3 is 16.0 Å². The van der Waals surface area contributed by atoms with Crippen LogP contribution in [-0.2, 0) is 0 Å². The molecule has 0 bridgehead atoms. The highest BCUT2D eigenvalue weighted by Crippen LogP contribution is 2.15. The SMILES string of the molecule is CN=C(NC)NCC(C)(C)NC(C)c1ccccc1.I. The Balaban J connectivity index is 0.00000361. The fourth-order valence-corrected chi connectivity index (χ4v) is 2.05. The minimum Gasteiger partial charge on any atom is -0.359 e. The van der Waals surface area contributed by atoms with Gasteiger partial charge in [-0.25, -0.2) is 0 Å². The van der Waals surface area contributed by atoms with E-state index in [0.29, 0.717) is 6.04 Å². The third kappa shape index (κ3) is 6.56. The molecule has 0 amide bonds. The van der Waals surface area contributed by atoms with Crippen LogP contribution in [0.4, 0.5) is 0 Å². The highest BCUT2D eigenvalue weighted by Gasteiger charge is 2.20. The molecule has 0 aliphatic heterocycles. The zero-order valence-electron chi connectivity index (χ0n) is 13.0. The first kappa shape index (κ1) is 19.2. The minimum atomic E-state index is -0.0257. The number of guanidine groups is 1. The molecule has 1 rings (SSSR count). The van der Waals surface area contributed by atoms with Crippen molar-refractivity contribution in [2.75, 3.05) is 20.6 Å². The van der Waals surface area contributed by atoms with E-state index in [-0.39, 0.29) is 29.5 Å². The molecular formula is C15H27IN4. The van der Waals surface area contributed by atoms with Gasteiger partial charge in [-0.15, -0.1) is 24.0 Å². The van der Waals surface area contributed by atoms with Gasteiger partial charge in [-0.05, 0) is 26.3 Å². The Morgan fingerprint density at radius 2 is 1.85 bits per heavy atom. The largest absolute Gasteiger partial charge is 0.359 e. The van der Waals surface area contributed by atoms with Gasteiger partial charge in [0.2, 0.25) is 0 Å². The molecule has 3 N–H and O–H groups in total. The van der Waals surface area contributed by atoms with Gasteiger partial charge in [0.15, 0.2) is 5.96 Å². The summed E-state index contributed by atoms with van der Waals surface area (Å²) in [5.74, 6) is 0.808. The molecule has 1 unspecified atom stereocenters. The lowest BCUT2D eigenvalue weighted by atomic mass is 10.0. The second-order valence-corrected chi connectivity index (χ2v) is 5.34. The molecule has 0 radical (unpaired) electrons. The lowest BCUT2D eigenvalue weighted by molar-refractivity contribution is 0.345. The van der Waals surface area contributed by atoms with Gasteiger partial charge in [0.05, 0.1) is 0 Å².